The van der Waals surface area contributed by atoms with Crippen molar-refractivity contribution >= 4 is 15.8 Å². The third kappa shape index (κ3) is 4.93. The number of unbranched alkanes of at least 4 members (excludes halogenated alkanes) is 1. The van der Waals surface area contributed by atoms with Crippen LogP contribution in [0.15, 0.2) is 30.3 Å². The number of para-hydroxylation sites is 1. The number of benzene rings is 1. The van der Waals surface area contributed by atoms with Crippen LogP contribution in [0.2, 0.25) is 0 Å². The molecule has 0 aliphatic rings. The molecule has 4 nitrogen and oxygen atoms in total. The normalized spacial score (nSPS) is 15.4. The van der Waals surface area contributed by atoms with Crippen LogP contribution in [0.1, 0.15) is 26.7 Å². The van der Waals surface area contributed by atoms with E-state index >= 15 is 0 Å². The highest BCUT2D eigenvalue weighted by molar-refractivity contribution is 7.85. The van der Waals surface area contributed by atoms with E-state index in [4.69, 9.17) is 4.55 Å². The van der Waals surface area contributed by atoms with Gasteiger partial charge in [-0.2, -0.15) is 8.42 Å². The van der Waals surface area contributed by atoms with Gasteiger partial charge in [-0.05, 0) is 38.8 Å². The first-order valence-electron chi connectivity index (χ1n) is 6.62. The van der Waals surface area contributed by atoms with E-state index in [1.165, 1.54) is 5.69 Å². The summed E-state index contributed by atoms with van der Waals surface area (Å²) in [4.78, 5) is 0. The summed E-state index contributed by atoms with van der Waals surface area (Å²) in [6.45, 7) is 5.18. The van der Waals surface area contributed by atoms with Crippen molar-refractivity contribution < 1.29 is 13.0 Å². The van der Waals surface area contributed by atoms with Gasteiger partial charge in [0.05, 0.1) is 25.4 Å². The Kier molecular flexibility index (Phi) is 5.52. The van der Waals surface area contributed by atoms with Crippen molar-refractivity contribution in [3.05, 3.63) is 30.3 Å². The smallest absolute Gasteiger partial charge is 0.264 e. The molecule has 19 heavy (non-hydrogen) atoms. The third-order valence-electron chi connectivity index (χ3n) is 3.76. The summed E-state index contributed by atoms with van der Waals surface area (Å²) in [5, 5.41) is 0. The topological polar surface area (TPSA) is 54.4 Å². The fourth-order valence-electron chi connectivity index (χ4n) is 2.18. The van der Waals surface area contributed by atoms with Crippen molar-refractivity contribution in [2.75, 3.05) is 19.3 Å². The van der Waals surface area contributed by atoms with Crippen LogP contribution in [-0.4, -0.2) is 38.4 Å². The van der Waals surface area contributed by atoms with Crippen molar-refractivity contribution in [3.8, 4) is 0 Å². The van der Waals surface area contributed by atoms with Crippen LogP contribution in [0.3, 0.4) is 0 Å². The summed E-state index contributed by atoms with van der Waals surface area (Å²) < 4.78 is 30.9. The molecule has 0 bridgehead atoms. The Hall–Kier alpha value is -0.910. The van der Waals surface area contributed by atoms with Gasteiger partial charge in [-0.25, -0.2) is 0 Å². The Balaban J connectivity index is 2.69. The summed E-state index contributed by atoms with van der Waals surface area (Å²) in [5.74, 6) is -0.153. The molecule has 0 spiro atoms. The van der Waals surface area contributed by atoms with Gasteiger partial charge in [0.25, 0.3) is 10.1 Å². The Morgan fingerprint density at radius 3 is 2.21 bits per heavy atom. The molecule has 0 aliphatic heterocycles. The highest BCUT2D eigenvalue weighted by Gasteiger charge is 2.28. The summed E-state index contributed by atoms with van der Waals surface area (Å²) in [6.07, 6.45) is 1.26. The molecule has 1 aromatic carbocycles. The Bertz CT molecular complexity index is 485. The molecule has 0 saturated carbocycles. The van der Waals surface area contributed by atoms with E-state index in [9.17, 15) is 8.42 Å². The predicted octanol–water partition coefficient (Wildman–Crippen LogP) is 2.70. The maximum atomic E-state index is 10.7. The molecular weight excluding hydrogens is 262 g/mol. The first kappa shape index (κ1) is 16.1. The fourth-order valence-corrected chi connectivity index (χ4v) is 2.75. The second-order valence-electron chi connectivity index (χ2n) is 5.41. The molecule has 0 aromatic heterocycles. The zero-order valence-electron chi connectivity index (χ0n) is 11.9. The molecule has 0 amide bonds. The second-order valence-corrected chi connectivity index (χ2v) is 6.99. The van der Waals surface area contributed by atoms with Crippen LogP contribution in [-0.2, 0) is 10.1 Å². The lowest BCUT2D eigenvalue weighted by Gasteiger charge is -2.38. The summed E-state index contributed by atoms with van der Waals surface area (Å²) in [6, 6.07) is 10.6. The van der Waals surface area contributed by atoms with Gasteiger partial charge >= 0.3 is 0 Å². The van der Waals surface area contributed by atoms with E-state index in [2.05, 4.69) is 33.0 Å². The molecule has 1 unspecified atom stereocenters. The lowest BCUT2D eigenvalue weighted by atomic mass is 10.1. The molecule has 1 N–H and O–H groups in total. The van der Waals surface area contributed by atoms with E-state index in [1.54, 1.807) is 0 Å². The quantitative estimate of drug-likeness (QED) is 0.476. The van der Waals surface area contributed by atoms with Crippen molar-refractivity contribution in [2.45, 2.75) is 32.7 Å². The van der Waals surface area contributed by atoms with Crippen molar-refractivity contribution in [1.82, 2.24) is 4.48 Å². The number of rotatable bonds is 7. The summed E-state index contributed by atoms with van der Waals surface area (Å²) in [7, 11) is -1.67. The molecule has 0 aliphatic carbocycles. The van der Waals surface area contributed by atoms with Crippen LogP contribution in [0.4, 0.5) is 5.69 Å². The van der Waals surface area contributed by atoms with E-state index < -0.39 is 10.1 Å². The highest BCUT2D eigenvalue weighted by atomic mass is 32.2. The van der Waals surface area contributed by atoms with Crippen LogP contribution < -0.4 is 4.48 Å². The Labute approximate surface area is 116 Å². The van der Waals surface area contributed by atoms with Gasteiger partial charge in [0.1, 0.15) is 5.69 Å². The molecule has 1 atom stereocenters. The van der Waals surface area contributed by atoms with Crippen LogP contribution in [0.5, 0.6) is 0 Å². The average molecular weight is 286 g/mol. The molecule has 0 radical (unpaired) electrons. The number of hydrogen-bond acceptors (Lipinski definition) is 2. The van der Waals surface area contributed by atoms with Gasteiger partial charge < -0.3 is 0 Å². The van der Waals surface area contributed by atoms with Gasteiger partial charge in [-0.3, -0.25) is 9.04 Å². The van der Waals surface area contributed by atoms with Crippen LogP contribution in [0, 0.1) is 0 Å². The molecule has 1 aromatic rings. The minimum atomic E-state index is -3.83. The van der Waals surface area contributed by atoms with Gasteiger partial charge in [0.15, 0.2) is 0 Å². The monoisotopic (exact) mass is 286 g/mol. The van der Waals surface area contributed by atoms with Crippen molar-refractivity contribution in [1.29, 1.82) is 0 Å². The molecular formula is C14H24NO3S+. The summed E-state index contributed by atoms with van der Waals surface area (Å²) >= 11 is 0. The highest BCUT2D eigenvalue weighted by Crippen LogP contribution is 2.24. The predicted molar refractivity (Wildman–Crippen MR) is 79.8 cm³/mol. The van der Waals surface area contributed by atoms with Gasteiger partial charge in [0.2, 0.25) is 0 Å². The maximum Gasteiger partial charge on any atom is 0.264 e. The molecule has 0 fully saturated rings. The number of hydrogen-bond donors (Lipinski definition) is 1. The van der Waals surface area contributed by atoms with E-state index in [0.29, 0.717) is 12.5 Å². The lowest BCUT2D eigenvalue weighted by Crippen LogP contribution is -2.51. The zero-order chi connectivity index (χ0) is 14.5. The first-order chi connectivity index (χ1) is 8.76. The SMILES string of the molecule is CC(C)[N+](C)(CCCCS(=O)(=O)O)c1ccccc1. The van der Waals surface area contributed by atoms with Gasteiger partial charge in [0, 0.05) is 0 Å². The molecule has 1 rings (SSSR count). The van der Waals surface area contributed by atoms with Gasteiger partial charge in [-0.1, -0.05) is 18.2 Å². The first-order valence-corrected chi connectivity index (χ1v) is 8.22. The van der Waals surface area contributed by atoms with E-state index in [1.807, 2.05) is 18.2 Å². The Morgan fingerprint density at radius 2 is 1.74 bits per heavy atom. The van der Waals surface area contributed by atoms with Gasteiger partial charge in [-0.15, -0.1) is 0 Å². The molecule has 108 valence electrons. The number of quaternary nitrogens is 1. The second kappa shape index (κ2) is 6.50. The van der Waals surface area contributed by atoms with Crippen molar-refractivity contribution in [3.63, 3.8) is 0 Å². The molecule has 0 heterocycles. The minimum absolute atomic E-state index is 0.153. The molecule has 0 saturated heterocycles. The van der Waals surface area contributed by atoms with E-state index in [0.717, 1.165) is 17.4 Å². The van der Waals surface area contributed by atoms with Crippen LogP contribution >= 0.6 is 0 Å². The lowest BCUT2D eigenvalue weighted by molar-refractivity contribution is 0.267. The summed E-state index contributed by atoms with van der Waals surface area (Å²) in [5.41, 5.74) is 1.23. The largest absolute Gasteiger partial charge is 0.292 e. The fraction of sp³-hybridized carbons (Fsp3) is 0.571. The minimum Gasteiger partial charge on any atom is -0.292 e. The molecule has 5 heteroatoms. The average Bonchev–Trinajstić information content (AvgIpc) is 2.34. The number of nitrogens with zero attached hydrogens (tertiary/aromatic N) is 1. The Morgan fingerprint density at radius 1 is 1.16 bits per heavy atom. The van der Waals surface area contributed by atoms with Crippen molar-refractivity contribution in [2.24, 2.45) is 0 Å². The zero-order valence-corrected chi connectivity index (χ0v) is 12.7. The standard InChI is InChI=1S/C14H23NO3S/c1-13(2)15(3,14-9-5-4-6-10-14)11-7-8-12-19(16,17)18/h4-6,9-10,13H,7-8,11-12H2,1-3H3/p+1. The van der Waals surface area contributed by atoms with E-state index in [-0.39, 0.29) is 5.75 Å². The maximum absolute atomic E-state index is 10.7. The third-order valence-corrected chi connectivity index (χ3v) is 4.57. The van der Waals surface area contributed by atoms with Crippen LogP contribution in [0.25, 0.3) is 0 Å².